The molecule has 0 radical (unpaired) electrons. The van der Waals surface area contributed by atoms with Gasteiger partial charge in [0, 0.05) is 52.2 Å². The summed E-state index contributed by atoms with van der Waals surface area (Å²) >= 11 is 0. The van der Waals surface area contributed by atoms with Crippen molar-refractivity contribution in [1.82, 2.24) is 20.0 Å². The summed E-state index contributed by atoms with van der Waals surface area (Å²) in [5.41, 5.74) is 2.05. The van der Waals surface area contributed by atoms with Crippen LogP contribution in [-0.4, -0.2) is 61.9 Å². The standard InChI is InChI=1S/C18H29N5O2.HI/c1-3-19-18(20-9-6-12-25-14-13-24-2)21-10-8-16-15-23-11-5-4-7-17(23)22-16;/h4-5,7,11,15H,3,6,8-10,12-14H2,1-2H3,(H2,19,20,21);1H. The highest BCUT2D eigenvalue weighted by atomic mass is 127. The van der Waals surface area contributed by atoms with E-state index in [1.165, 1.54) is 0 Å². The van der Waals surface area contributed by atoms with Gasteiger partial charge in [-0.1, -0.05) is 6.07 Å². The van der Waals surface area contributed by atoms with Crippen molar-refractivity contribution in [3.8, 4) is 0 Å². The summed E-state index contributed by atoms with van der Waals surface area (Å²) in [6.07, 6.45) is 5.83. The molecule has 0 aliphatic rings. The van der Waals surface area contributed by atoms with Crippen LogP contribution in [0.15, 0.2) is 35.6 Å². The molecule has 0 fully saturated rings. The first-order valence-electron chi connectivity index (χ1n) is 8.85. The minimum Gasteiger partial charge on any atom is -0.382 e. The number of aliphatic imine (C=N–C) groups is 1. The quantitative estimate of drug-likeness (QED) is 0.226. The normalized spacial score (nSPS) is 11.4. The number of hydrogen-bond acceptors (Lipinski definition) is 4. The van der Waals surface area contributed by atoms with Gasteiger partial charge < -0.3 is 24.5 Å². The number of pyridine rings is 1. The van der Waals surface area contributed by atoms with Crippen molar-refractivity contribution in [3.05, 3.63) is 36.3 Å². The predicted molar refractivity (Wildman–Crippen MR) is 116 cm³/mol. The smallest absolute Gasteiger partial charge is 0.191 e. The van der Waals surface area contributed by atoms with Gasteiger partial charge in [-0.2, -0.15) is 0 Å². The Balaban J connectivity index is 0.00000338. The van der Waals surface area contributed by atoms with Crippen molar-refractivity contribution in [2.75, 3.05) is 46.6 Å². The van der Waals surface area contributed by atoms with Crippen LogP contribution < -0.4 is 10.6 Å². The minimum atomic E-state index is 0. The van der Waals surface area contributed by atoms with Crippen LogP contribution in [0.25, 0.3) is 5.65 Å². The van der Waals surface area contributed by atoms with Crippen molar-refractivity contribution >= 4 is 35.6 Å². The molecule has 2 heterocycles. The third kappa shape index (κ3) is 8.33. The van der Waals surface area contributed by atoms with E-state index >= 15 is 0 Å². The molecule has 0 saturated heterocycles. The molecule has 146 valence electrons. The van der Waals surface area contributed by atoms with Crippen LogP contribution in [0.4, 0.5) is 0 Å². The Hall–Kier alpha value is -1.39. The topological polar surface area (TPSA) is 72.2 Å². The monoisotopic (exact) mass is 475 g/mol. The zero-order chi connectivity index (χ0) is 17.7. The zero-order valence-corrected chi connectivity index (χ0v) is 17.9. The van der Waals surface area contributed by atoms with E-state index in [2.05, 4.69) is 33.7 Å². The molecule has 0 aliphatic carbocycles. The number of fused-ring (bicyclic) bond motifs is 1. The van der Waals surface area contributed by atoms with Crippen LogP contribution in [-0.2, 0) is 15.9 Å². The zero-order valence-electron chi connectivity index (χ0n) is 15.6. The molecule has 2 aromatic heterocycles. The second-order valence-corrected chi connectivity index (χ2v) is 5.59. The molecule has 0 amide bonds. The molecule has 7 nitrogen and oxygen atoms in total. The molecule has 0 spiro atoms. The largest absolute Gasteiger partial charge is 0.382 e. The lowest BCUT2D eigenvalue weighted by Crippen LogP contribution is -2.38. The maximum absolute atomic E-state index is 5.44. The second-order valence-electron chi connectivity index (χ2n) is 5.59. The van der Waals surface area contributed by atoms with Gasteiger partial charge in [-0.3, -0.25) is 4.99 Å². The third-order valence-electron chi connectivity index (χ3n) is 3.58. The molecule has 0 aromatic carbocycles. The number of nitrogens with zero attached hydrogens (tertiary/aromatic N) is 3. The van der Waals surface area contributed by atoms with Gasteiger partial charge in [-0.25, -0.2) is 4.98 Å². The van der Waals surface area contributed by atoms with Crippen LogP contribution in [0.1, 0.15) is 19.0 Å². The summed E-state index contributed by atoms with van der Waals surface area (Å²) < 4.78 is 12.4. The Morgan fingerprint density at radius 1 is 1.23 bits per heavy atom. The Labute approximate surface area is 172 Å². The SMILES string of the molecule is CCNC(=NCCCOCCOC)NCCc1cn2ccccc2n1.I. The van der Waals surface area contributed by atoms with Gasteiger partial charge in [0.15, 0.2) is 5.96 Å². The molecule has 8 heteroatoms. The number of hydrogen-bond donors (Lipinski definition) is 2. The molecule has 0 bridgehead atoms. The third-order valence-corrected chi connectivity index (χ3v) is 3.58. The van der Waals surface area contributed by atoms with Crippen LogP contribution in [0.2, 0.25) is 0 Å². The number of rotatable bonds is 11. The fourth-order valence-electron chi connectivity index (χ4n) is 2.36. The van der Waals surface area contributed by atoms with E-state index in [9.17, 15) is 0 Å². The lowest BCUT2D eigenvalue weighted by molar-refractivity contribution is 0.0702. The molecular weight excluding hydrogens is 445 g/mol. The summed E-state index contributed by atoms with van der Waals surface area (Å²) in [7, 11) is 1.67. The van der Waals surface area contributed by atoms with E-state index in [0.29, 0.717) is 19.8 Å². The number of imidazole rings is 1. The lowest BCUT2D eigenvalue weighted by Gasteiger charge is -2.10. The Bertz CT molecular complexity index is 614. The maximum atomic E-state index is 5.44. The van der Waals surface area contributed by atoms with Crippen LogP contribution >= 0.6 is 24.0 Å². The summed E-state index contributed by atoms with van der Waals surface area (Å²) in [6, 6.07) is 6.02. The van der Waals surface area contributed by atoms with Crippen molar-refractivity contribution in [3.63, 3.8) is 0 Å². The second kappa shape index (κ2) is 13.8. The van der Waals surface area contributed by atoms with Gasteiger partial charge in [0.05, 0.1) is 18.9 Å². The average molecular weight is 475 g/mol. The first kappa shape index (κ1) is 22.7. The molecule has 0 unspecified atom stereocenters. The molecule has 2 N–H and O–H groups in total. The average Bonchev–Trinajstić information content (AvgIpc) is 3.03. The number of ether oxygens (including phenoxy) is 2. The van der Waals surface area contributed by atoms with Crippen LogP contribution in [0.5, 0.6) is 0 Å². The Morgan fingerprint density at radius 2 is 2.12 bits per heavy atom. The first-order valence-corrected chi connectivity index (χ1v) is 8.85. The molecule has 0 aliphatic heterocycles. The molecule has 2 rings (SSSR count). The van der Waals surface area contributed by atoms with E-state index in [1.54, 1.807) is 7.11 Å². The Morgan fingerprint density at radius 3 is 2.88 bits per heavy atom. The molecule has 0 saturated carbocycles. The van der Waals surface area contributed by atoms with Gasteiger partial charge in [0.2, 0.25) is 0 Å². The van der Waals surface area contributed by atoms with E-state index < -0.39 is 0 Å². The molecule has 0 atom stereocenters. The minimum absolute atomic E-state index is 0. The summed E-state index contributed by atoms with van der Waals surface area (Å²) in [4.78, 5) is 9.17. The fraction of sp³-hybridized carbons (Fsp3) is 0.556. The van der Waals surface area contributed by atoms with Crippen molar-refractivity contribution in [2.45, 2.75) is 19.8 Å². The maximum Gasteiger partial charge on any atom is 0.191 e. The summed E-state index contributed by atoms with van der Waals surface area (Å²) in [5.74, 6) is 0.836. The number of aromatic nitrogens is 2. The number of halogens is 1. The highest BCUT2D eigenvalue weighted by Gasteiger charge is 2.02. The van der Waals surface area contributed by atoms with E-state index in [4.69, 9.17) is 9.47 Å². The van der Waals surface area contributed by atoms with Crippen LogP contribution in [0, 0.1) is 0 Å². The highest BCUT2D eigenvalue weighted by Crippen LogP contribution is 2.04. The highest BCUT2D eigenvalue weighted by molar-refractivity contribution is 14.0. The number of methoxy groups -OCH3 is 1. The summed E-state index contributed by atoms with van der Waals surface area (Å²) in [5, 5.41) is 6.61. The van der Waals surface area contributed by atoms with Gasteiger partial charge in [-0.05, 0) is 25.5 Å². The first-order chi connectivity index (χ1) is 12.3. The molecule has 2 aromatic rings. The van der Waals surface area contributed by atoms with Crippen molar-refractivity contribution in [2.24, 2.45) is 4.99 Å². The molecular formula is C18H30IN5O2. The van der Waals surface area contributed by atoms with Gasteiger partial charge in [0.25, 0.3) is 0 Å². The van der Waals surface area contributed by atoms with Gasteiger partial charge >= 0.3 is 0 Å². The lowest BCUT2D eigenvalue weighted by atomic mass is 10.3. The summed E-state index contributed by atoms with van der Waals surface area (Å²) in [6.45, 7) is 6.40. The van der Waals surface area contributed by atoms with Crippen molar-refractivity contribution < 1.29 is 9.47 Å². The van der Waals surface area contributed by atoms with Crippen molar-refractivity contribution in [1.29, 1.82) is 0 Å². The van der Waals surface area contributed by atoms with E-state index in [-0.39, 0.29) is 24.0 Å². The fourth-order valence-corrected chi connectivity index (χ4v) is 2.36. The number of guanidine groups is 1. The van der Waals surface area contributed by atoms with Gasteiger partial charge in [-0.15, -0.1) is 24.0 Å². The van der Waals surface area contributed by atoms with Gasteiger partial charge in [0.1, 0.15) is 5.65 Å². The predicted octanol–water partition coefficient (Wildman–Crippen LogP) is 2.10. The van der Waals surface area contributed by atoms with Crippen LogP contribution in [0.3, 0.4) is 0 Å². The van der Waals surface area contributed by atoms with E-state index in [0.717, 1.165) is 49.8 Å². The Kier molecular flexibility index (Phi) is 12.0. The van der Waals surface area contributed by atoms with E-state index in [1.807, 2.05) is 28.8 Å². The molecule has 26 heavy (non-hydrogen) atoms. The number of nitrogens with one attached hydrogen (secondary N) is 2.